The number of benzene rings is 1. The van der Waals surface area contributed by atoms with Crippen LogP contribution >= 0.6 is 11.6 Å². The summed E-state index contributed by atoms with van der Waals surface area (Å²) < 4.78 is 13.3. The van der Waals surface area contributed by atoms with Crippen LogP contribution in [-0.2, 0) is 0 Å². The van der Waals surface area contributed by atoms with Crippen LogP contribution in [-0.4, -0.2) is 4.98 Å². The van der Waals surface area contributed by atoms with E-state index in [0.29, 0.717) is 10.8 Å². The van der Waals surface area contributed by atoms with Gasteiger partial charge in [-0.05, 0) is 55.3 Å². The zero-order chi connectivity index (χ0) is 11.7. The lowest BCUT2D eigenvalue weighted by atomic mass is 10.1. The first-order valence-corrected chi connectivity index (χ1v) is 5.34. The number of hydrogen-bond donors (Lipinski definition) is 0. The predicted molar refractivity (Wildman–Crippen MR) is 64.1 cm³/mol. The number of aryl methyl sites for hydroxylation is 2. The zero-order valence-corrected chi connectivity index (χ0v) is 9.85. The predicted octanol–water partition coefficient (Wildman–Crippen LogP) is 4.16. The van der Waals surface area contributed by atoms with E-state index in [9.17, 15) is 4.39 Å². The Balaban J connectivity index is 2.57. The number of aromatic nitrogens is 1. The highest BCUT2D eigenvalue weighted by Crippen LogP contribution is 2.23. The zero-order valence-electron chi connectivity index (χ0n) is 9.09. The highest BCUT2D eigenvalue weighted by molar-refractivity contribution is 6.29. The largest absolute Gasteiger partial charge is 0.236 e. The van der Waals surface area contributed by atoms with Crippen LogP contribution in [0.3, 0.4) is 0 Å². The van der Waals surface area contributed by atoms with Gasteiger partial charge in [0.1, 0.15) is 11.0 Å². The Morgan fingerprint density at radius 1 is 1.00 bits per heavy atom. The van der Waals surface area contributed by atoms with Crippen LogP contribution in [0.2, 0.25) is 5.15 Å². The molecule has 0 N–H and O–H groups in total. The Morgan fingerprint density at radius 3 is 2.31 bits per heavy atom. The molecule has 0 aliphatic carbocycles. The van der Waals surface area contributed by atoms with E-state index in [2.05, 4.69) is 4.98 Å². The Bertz CT molecular complexity index is 447. The third-order valence-corrected chi connectivity index (χ3v) is 2.47. The Hall–Kier alpha value is -1.41. The molecule has 0 radical (unpaired) electrons. The van der Waals surface area contributed by atoms with Crippen molar-refractivity contribution < 1.29 is 4.39 Å². The summed E-state index contributed by atoms with van der Waals surface area (Å²) in [7, 11) is 0. The molecule has 0 spiro atoms. The third-order valence-electron chi connectivity index (χ3n) is 2.28. The molecule has 0 aliphatic rings. The van der Waals surface area contributed by atoms with Gasteiger partial charge < -0.3 is 0 Å². The van der Waals surface area contributed by atoms with Gasteiger partial charge in [-0.2, -0.15) is 0 Å². The highest BCUT2D eigenvalue weighted by Gasteiger charge is 2.04. The van der Waals surface area contributed by atoms with Gasteiger partial charge >= 0.3 is 0 Å². The van der Waals surface area contributed by atoms with E-state index in [-0.39, 0.29) is 5.82 Å². The number of pyridine rings is 1. The first-order chi connectivity index (χ1) is 7.54. The van der Waals surface area contributed by atoms with E-state index < -0.39 is 0 Å². The molecule has 0 amide bonds. The normalized spacial score (nSPS) is 10.5. The van der Waals surface area contributed by atoms with E-state index in [1.165, 1.54) is 12.1 Å². The average molecular weight is 236 g/mol. The monoisotopic (exact) mass is 235 g/mol. The number of rotatable bonds is 1. The van der Waals surface area contributed by atoms with Crippen LogP contribution in [0.5, 0.6) is 0 Å². The van der Waals surface area contributed by atoms with Crippen molar-refractivity contribution in [2.75, 3.05) is 0 Å². The van der Waals surface area contributed by atoms with Crippen molar-refractivity contribution in [2.45, 2.75) is 13.8 Å². The summed E-state index contributed by atoms with van der Waals surface area (Å²) in [6, 6.07) is 8.50. The lowest BCUT2D eigenvalue weighted by Crippen LogP contribution is -1.88. The molecule has 2 aromatic rings. The van der Waals surface area contributed by atoms with E-state index in [1.807, 2.05) is 26.0 Å². The SMILES string of the molecule is Cc1cc(F)cc(-c2cc(C)cc(Cl)n2)c1. The molecular formula is C13H11ClFN. The molecule has 16 heavy (non-hydrogen) atoms. The second kappa shape index (κ2) is 4.22. The van der Waals surface area contributed by atoms with Crippen LogP contribution in [0, 0.1) is 19.7 Å². The third kappa shape index (κ3) is 2.39. The van der Waals surface area contributed by atoms with Crippen molar-refractivity contribution in [2.24, 2.45) is 0 Å². The molecule has 1 heterocycles. The number of nitrogens with zero attached hydrogens (tertiary/aromatic N) is 1. The average Bonchev–Trinajstić information content (AvgIpc) is 2.14. The molecule has 3 heteroatoms. The first-order valence-electron chi connectivity index (χ1n) is 4.96. The lowest BCUT2D eigenvalue weighted by Gasteiger charge is -2.05. The highest BCUT2D eigenvalue weighted by atomic mass is 35.5. The van der Waals surface area contributed by atoms with Gasteiger partial charge in [-0.1, -0.05) is 11.6 Å². The summed E-state index contributed by atoms with van der Waals surface area (Å²) in [6.45, 7) is 3.78. The fourth-order valence-corrected chi connectivity index (χ4v) is 1.92. The van der Waals surface area contributed by atoms with Gasteiger partial charge in [0.2, 0.25) is 0 Å². The second-order valence-electron chi connectivity index (χ2n) is 3.87. The Labute approximate surface area is 98.9 Å². The molecule has 0 unspecified atom stereocenters. The fraction of sp³-hybridized carbons (Fsp3) is 0.154. The van der Waals surface area contributed by atoms with Gasteiger partial charge in [-0.25, -0.2) is 9.37 Å². The Kier molecular flexibility index (Phi) is 2.92. The molecule has 0 fully saturated rings. The molecule has 0 saturated heterocycles. The fourth-order valence-electron chi connectivity index (χ4n) is 1.66. The van der Waals surface area contributed by atoms with Gasteiger partial charge in [0.15, 0.2) is 0 Å². The maximum Gasteiger partial charge on any atom is 0.130 e. The van der Waals surface area contributed by atoms with Crippen LogP contribution in [0.4, 0.5) is 4.39 Å². The summed E-state index contributed by atoms with van der Waals surface area (Å²) in [5.41, 5.74) is 3.34. The summed E-state index contributed by atoms with van der Waals surface area (Å²) in [6.07, 6.45) is 0. The van der Waals surface area contributed by atoms with Gasteiger partial charge in [0, 0.05) is 5.56 Å². The van der Waals surface area contributed by atoms with Crippen molar-refractivity contribution in [1.82, 2.24) is 4.98 Å². The molecule has 0 saturated carbocycles. The maximum absolute atomic E-state index is 13.3. The minimum atomic E-state index is -0.255. The van der Waals surface area contributed by atoms with Gasteiger partial charge in [-0.15, -0.1) is 0 Å². The standard InChI is InChI=1S/C13H11ClFN/c1-8-3-10(7-11(15)4-8)12-5-9(2)6-13(14)16-12/h3-7H,1-2H3. The van der Waals surface area contributed by atoms with Gasteiger partial charge in [0.05, 0.1) is 5.69 Å². The van der Waals surface area contributed by atoms with Crippen molar-refractivity contribution in [3.63, 3.8) is 0 Å². The number of hydrogen-bond acceptors (Lipinski definition) is 1. The van der Waals surface area contributed by atoms with Gasteiger partial charge in [-0.3, -0.25) is 0 Å². The number of halogens is 2. The van der Waals surface area contributed by atoms with E-state index in [1.54, 1.807) is 6.07 Å². The summed E-state index contributed by atoms with van der Waals surface area (Å²) in [5.74, 6) is -0.255. The molecule has 1 aromatic heterocycles. The van der Waals surface area contributed by atoms with Crippen molar-refractivity contribution in [1.29, 1.82) is 0 Å². The quantitative estimate of drug-likeness (QED) is 0.677. The summed E-state index contributed by atoms with van der Waals surface area (Å²) >= 11 is 5.87. The lowest BCUT2D eigenvalue weighted by molar-refractivity contribution is 0.627. The van der Waals surface area contributed by atoms with Crippen LogP contribution in [0.25, 0.3) is 11.3 Å². The van der Waals surface area contributed by atoms with E-state index >= 15 is 0 Å². The van der Waals surface area contributed by atoms with E-state index in [0.717, 1.165) is 16.7 Å². The van der Waals surface area contributed by atoms with Gasteiger partial charge in [0.25, 0.3) is 0 Å². The summed E-state index contributed by atoms with van der Waals surface area (Å²) in [4.78, 5) is 4.19. The van der Waals surface area contributed by atoms with Crippen molar-refractivity contribution in [3.8, 4) is 11.3 Å². The van der Waals surface area contributed by atoms with Crippen LogP contribution < -0.4 is 0 Å². The maximum atomic E-state index is 13.3. The van der Waals surface area contributed by atoms with Crippen LogP contribution in [0.15, 0.2) is 30.3 Å². The Morgan fingerprint density at radius 2 is 1.69 bits per heavy atom. The second-order valence-corrected chi connectivity index (χ2v) is 4.26. The van der Waals surface area contributed by atoms with E-state index in [4.69, 9.17) is 11.6 Å². The first kappa shape index (κ1) is 11.1. The molecule has 0 bridgehead atoms. The smallest absolute Gasteiger partial charge is 0.130 e. The molecule has 1 aromatic carbocycles. The molecular weight excluding hydrogens is 225 g/mol. The van der Waals surface area contributed by atoms with Crippen molar-refractivity contribution >= 4 is 11.6 Å². The summed E-state index contributed by atoms with van der Waals surface area (Å²) in [5, 5.41) is 0.428. The van der Waals surface area contributed by atoms with Crippen molar-refractivity contribution in [3.05, 3.63) is 52.4 Å². The minimum Gasteiger partial charge on any atom is -0.236 e. The molecule has 1 nitrogen and oxygen atoms in total. The molecule has 0 atom stereocenters. The minimum absolute atomic E-state index is 0.255. The molecule has 82 valence electrons. The molecule has 2 rings (SSSR count). The van der Waals surface area contributed by atoms with Crippen LogP contribution in [0.1, 0.15) is 11.1 Å². The molecule has 0 aliphatic heterocycles. The topological polar surface area (TPSA) is 12.9 Å².